The fourth-order valence-electron chi connectivity index (χ4n) is 4.85. The van der Waals surface area contributed by atoms with Crippen LogP contribution in [0.25, 0.3) is 10.2 Å². The number of aromatic nitrogens is 2. The van der Waals surface area contributed by atoms with E-state index in [-0.39, 0.29) is 24.1 Å². The van der Waals surface area contributed by atoms with Gasteiger partial charge >= 0.3 is 0 Å². The molecule has 2 aliphatic rings. The second-order valence-corrected chi connectivity index (χ2v) is 10.3. The standard InChI is InChI=1S/C25H32N6O3S/c1-14-3-6-17-22(27)23(35-25(17)28-14)24(32)29-16-5-7-19-15(11-16)4-8-21(30-19)31-12-18(26)20(13-31)34-10-9-33-2/h3-4,6,8,16,18,20H,5,7,9-13,26-27H2,1-2H3,(H,29,32)/t16-,18+,20+/m0/s1. The normalized spacial score (nSPS) is 21.9. The number of anilines is 2. The van der Waals surface area contributed by atoms with Crippen molar-refractivity contribution in [2.75, 3.05) is 44.0 Å². The number of rotatable bonds is 7. The van der Waals surface area contributed by atoms with Crippen molar-refractivity contribution in [3.8, 4) is 0 Å². The van der Waals surface area contributed by atoms with Gasteiger partial charge in [0.15, 0.2) is 0 Å². The second-order valence-electron chi connectivity index (χ2n) is 9.31. The highest BCUT2D eigenvalue weighted by Crippen LogP contribution is 2.33. The predicted molar refractivity (Wildman–Crippen MR) is 138 cm³/mol. The van der Waals surface area contributed by atoms with Crippen molar-refractivity contribution in [3.63, 3.8) is 0 Å². The Morgan fingerprint density at radius 1 is 1.23 bits per heavy atom. The Bertz CT molecular complexity index is 1230. The van der Waals surface area contributed by atoms with Gasteiger partial charge in [-0.3, -0.25) is 4.79 Å². The minimum absolute atomic E-state index is 0.0250. The highest BCUT2D eigenvalue weighted by Gasteiger charge is 2.32. The number of nitrogen functional groups attached to an aromatic ring is 1. The Labute approximate surface area is 208 Å². The zero-order valence-electron chi connectivity index (χ0n) is 20.1. The molecule has 3 atom stereocenters. The van der Waals surface area contributed by atoms with Crippen molar-refractivity contribution in [1.82, 2.24) is 15.3 Å². The Kier molecular flexibility index (Phi) is 6.88. The first-order valence-corrected chi connectivity index (χ1v) is 12.8. The average Bonchev–Trinajstić information content (AvgIpc) is 3.38. The first-order chi connectivity index (χ1) is 16.9. The van der Waals surface area contributed by atoms with Gasteiger partial charge in [0.1, 0.15) is 15.5 Å². The molecule has 1 saturated heterocycles. The number of nitrogens with zero attached hydrogens (tertiary/aromatic N) is 3. The molecular formula is C25H32N6O3S. The summed E-state index contributed by atoms with van der Waals surface area (Å²) in [7, 11) is 1.66. The molecule has 10 heteroatoms. The smallest absolute Gasteiger partial charge is 0.263 e. The minimum atomic E-state index is -0.133. The van der Waals surface area contributed by atoms with Crippen molar-refractivity contribution < 1.29 is 14.3 Å². The Morgan fingerprint density at radius 2 is 2.09 bits per heavy atom. The Balaban J connectivity index is 1.22. The predicted octanol–water partition coefficient (Wildman–Crippen LogP) is 2.05. The van der Waals surface area contributed by atoms with Gasteiger partial charge in [-0.2, -0.15) is 0 Å². The summed E-state index contributed by atoms with van der Waals surface area (Å²) < 4.78 is 10.9. The monoisotopic (exact) mass is 496 g/mol. The van der Waals surface area contributed by atoms with Crippen LogP contribution < -0.4 is 21.7 Å². The molecule has 1 amide bonds. The lowest BCUT2D eigenvalue weighted by molar-refractivity contribution is 0.0212. The zero-order chi connectivity index (χ0) is 24.5. The third-order valence-electron chi connectivity index (χ3n) is 6.78. The molecular weight excluding hydrogens is 464 g/mol. The molecule has 35 heavy (non-hydrogen) atoms. The summed E-state index contributed by atoms with van der Waals surface area (Å²) in [6, 6.07) is 8.01. The maximum absolute atomic E-state index is 13.0. The van der Waals surface area contributed by atoms with Crippen molar-refractivity contribution in [2.45, 2.75) is 44.4 Å². The fourth-order valence-corrected chi connectivity index (χ4v) is 5.90. The lowest BCUT2D eigenvalue weighted by Crippen LogP contribution is -2.39. The fraction of sp³-hybridized carbons (Fsp3) is 0.480. The van der Waals surface area contributed by atoms with E-state index in [2.05, 4.69) is 21.3 Å². The van der Waals surface area contributed by atoms with Crippen LogP contribution in [0.15, 0.2) is 24.3 Å². The summed E-state index contributed by atoms with van der Waals surface area (Å²) in [5.41, 5.74) is 16.2. The van der Waals surface area contributed by atoms with Gasteiger partial charge in [-0.15, -0.1) is 11.3 Å². The number of nitrogens with one attached hydrogen (secondary N) is 1. The molecule has 1 aliphatic heterocycles. The summed E-state index contributed by atoms with van der Waals surface area (Å²) >= 11 is 1.35. The van der Waals surface area contributed by atoms with E-state index in [0.29, 0.717) is 30.3 Å². The first-order valence-electron chi connectivity index (χ1n) is 12.0. The number of thiophene rings is 1. The van der Waals surface area contributed by atoms with Crippen LogP contribution in [0, 0.1) is 6.92 Å². The number of hydrogen-bond donors (Lipinski definition) is 3. The number of methoxy groups -OCH3 is 1. The number of carbonyl (C=O) groups excluding carboxylic acids is 1. The molecule has 186 valence electrons. The van der Waals surface area contributed by atoms with Gasteiger partial charge < -0.3 is 31.2 Å². The molecule has 0 radical (unpaired) electrons. The third kappa shape index (κ3) is 4.97. The summed E-state index contributed by atoms with van der Waals surface area (Å²) in [6.07, 6.45) is 2.37. The number of ether oxygens (including phenoxy) is 2. The van der Waals surface area contributed by atoms with E-state index in [4.69, 9.17) is 25.9 Å². The lowest BCUT2D eigenvalue weighted by Gasteiger charge is -2.26. The average molecular weight is 497 g/mol. The SMILES string of the molecule is COCCO[C@@H]1CN(c2ccc3c(n2)CC[C@H](NC(=O)c2sc4nc(C)ccc4c2N)C3)C[C@H]1N. The molecule has 0 aromatic carbocycles. The van der Waals surface area contributed by atoms with Crippen molar-refractivity contribution in [3.05, 3.63) is 46.1 Å². The van der Waals surface area contributed by atoms with E-state index >= 15 is 0 Å². The maximum atomic E-state index is 13.0. The zero-order valence-corrected chi connectivity index (χ0v) is 20.9. The molecule has 0 unspecified atom stereocenters. The highest BCUT2D eigenvalue weighted by molar-refractivity contribution is 7.21. The summed E-state index contributed by atoms with van der Waals surface area (Å²) in [5.74, 6) is 0.798. The molecule has 3 aromatic rings. The minimum Gasteiger partial charge on any atom is -0.397 e. The number of aryl methyl sites for hydroxylation is 2. The van der Waals surface area contributed by atoms with Crippen LogP contribution in [0.1, 0.15) is 33.0 Å². The third-order valence-corrected chi connectivity index (χ3v) is 7.89. The highest BCUT2D eigenvalue weighted by atomic mass is 32.1. The quantitative estimate of drug-likeness (QED) is 0.424. The molecule has 0 spiro atoms. The maximum Gasteiger partial charge on any atom is 0.263 e. The van der Waals surface area contributed by atoms with Crippen LogP contribution >= 0.6 is 11.3 Å². The van der Waals surface area contributed by atoms with Crippen molar-refractivity contribution in [1.29, 1.82) is 0 Å². The molecule has 1 fully saturated rings. The van der Waals surface area contributed by atoms with Crippen LogP contribution in [-0.2, 0) is 22.3 Å². The lowest BCUT2D eigenvalue weighted by atomic mass is 9.91. The molecule has 4 heterocycles. The molecule has 1 aliphatic carbocycles. The number of fused-ring (bicyclic) bond motifs is 2. The van der Waals surface area contributed by atoms with Gasteiger partial charge in [-0.1, -0.05) is 6.07 Å². The summed E-state index contributed by atoms with van der Waals surface area (Å²) in [5, 5.41) is 4.02. The molecule has 0 bridgehead atoms. The van der Waals surface area contributed by atoms with E-state index in [1.165, 1.54) is 16.9 Å². The van der Waals surface area contributed by atoms with E-state index in [9.17, 15) is 4.79 Å². The Hall–Kier alpha value is -2.79. The molecule has 5 N–H and O–H groups in total. The van der Waals surface area contributed by atoms with E-state index < -0.39 is 0 Å². The van der Waals surface area contributed by atoms with Gasteiger partial charge in [0.05, 0.1) is 31.0 Å². The number of nitrogens with two attached hydrogens (primary N) is 2. The van der Waals surface area contributed by atoms with E-state index in [1.807, 2.05) is 25.1 Å². The van der Waals surface area contributed by atoms with Crippen LogP contribution in [0.4, 0.5) is 11.5 Å². The number of amides is 1. The van der Waals surface area contributed by atoms with Crippen LogP contribution in [0.3, 0.4) is 0 Å². The molecule has 3 aromatic heterocycles. The Morgan fingerprint density at radius 3 is 2.91 bits per heavy atom. The first kappa shape index (κ1) is 23.9. The van der Waals surface area contributed by atoms with E-state index in [0.717, 1.165) is 53.2 Å². The number of carbonyl (C=O) groups is 1. The van der Waals surface area contributed by atoms with Crippen LogP contribution in [-0.4, -0.2) is 67.5 Å². The van der Waals surface area contributed by atoms with Crippen LogP contribution in [0.2, 0.25) is 0 Å². The van der Waals surface area contributed by atoms with Crippen LogP contribution in [0.5, 0.6) is 0 Å². The van der Waals surface area contributed by atoms with Gasteiger partial charge in [0.25, 0.3) is 5.91 Å². The van der Waals surface area contributed by atoms with E-state index in [1.54, 1.807) is 7.11 Å². The number of hydrogen-bond acceptors (Lipinski definition) is 9. The van der Waals surface area contributed by atoms with Gasteiger partial charge in [0, 0.05) is 43.0 Å². The largest absolute Gasteiger partial charge is 0.397 e. The number of pyridine rings is 2. The van der Waals surface area contributed by atoms with Crippen molar-refractivity contribution in [2.24, 2.45) is 5.73 Å². The van der Waals surface area contributed by atoms with Gasteiger partial charge in [-0.05, 0) is 49.9 Å². The molecule has 9 nitrogen and oxygen atoms in total. The molecule has 5 rings (SSSR count). The van der Waals surface area contributed by atoms with Gasteiger partial charge in [0.2, 0.25) is 0 Å². The van der Waals surface area contributed by atoms with Crippen molar-refractivity contribution >= 4 is 39.0 Å². The molecule has 0 saturated carbocycles. The van der Waals surface area contributed by atoms with Gasteiger partial charge in [-0.25, -0.2) is 9.97 Å². The summed E-state index contributed by atoms with van der Waals surface area (Å²) in [4.78, 5) is 26.0. The topological polar surface area (TPSA) is 129 Å². The summed E-state index contributed by atoms with van der Waals surface area (Å²) in [6.45, 7) is 4.47. The second kappa shape index (κ2) is 10.1.